The van der Waals surface area contributed by atoms with Gasteiger partial charge in [-0.25, -0.2) is 0 Å². The third kappa shape index (κ3) is 6.46. The van der Waals surface area contributed by atoms with E-state index in [1.54, 1.807) is 0 Å². The van der Waals surface area contributed by atoms with E-state index in [0.29, 0.717) is 18.6 Å². The highest BCUT2D eigenvalue weighted by Gasteiger charge is 2.21. The SMILES string of the molecule is CC(C)N(C)CC(=O)N1CCN[C@@H](C)C1.Cl.Cl. The van der Waals surface area contributed by atoms with Crippen molar-refractivity contribution >= 4 is 30.7 Å². The minimum absolute atomic E-state index is 0. The Labute approximate surface area is 117 Å². The zero-order valence-corrected chi connectivity index (χ0v) is 12.7. The molecule has 0 aromatic carbocycles. The molecule has 1 fully saturated rings. The van der Waals surface area contributed by atoms with Crippen LogP contribution in [0.1, 0.15) is 20.8 Å². The average molecular weight is 286 g/mol. The minimum atomic E-state index is 0. The number of hydrogen-bond acceptors (Lipinski definition) is 3. The second-order valence-electron chi connectivity index (χ2n) is 4.70. The molecule has 0 spiro atoms. The van der Waals surface area contributed by atoms with Crippen LogP contribution in [0.2, 0.25) is 0 Å². The fourth-order valence-corrected chi connectivity index (χ4v) is 1.65. The molecular formula is C11H25Cl2N3O. The van der Waals surface area contributed by atoms with Crippen LogP contribution < -0.4 is 5.32 Å². The lowest BCUT2D eigenvalue weighted by atomic mass is 10.2. The standard InChI is InChI=1S/C11H23N3O.2ClH/c1-9(2)13(4)8-11(15)14-6-5-12-10(3)7-14;;/h9-10,12H,5-8H2,1-4H3;2*1H/t10-;;/m0../s1. The van der Waals surface area contributed by atoms with E-state index in [0.717, 1.165) is 19.6 Å². The molecule has 0 aromatic heterocycles. The van der Waals surface area contributed by atoms with E-state index >= 15 is 0 Å². The van der Waals surface area contributed by atoms with Crippen molar-refractivity contribution in [2.45, 2.75) is 32.9 Å². The topological polar surface area (TPSA) is 35.6 Å². The Balaban J connectivity index is 0. The van der Waals surface area contributed by atoms with Crippen LogP contribution in [0.25, 0.3) is 0 Å². The van der Waals surface area contributed by atoms with E-state index in [1.165, 1.54) is 0 Å². The van der Waals surface area contributed by atoms with Crippen molar-refractivity contribution in [1.82, 2.24) is 15.1 Å². The molecular weight excluding hydrogens is 261 g/mol. The quantitative estimate of drug-likeness (QED) is 0.840. The van der Waals surface area contributed by atoms with E-state index in [2.05, 4.69) is 31.0 Å². The second-order valence-corrected chi connectivity index (χ2v) is 4.70. The van der Waals surface area contributed by atoms with Crippen LogP contribution in [0, 0.1) is 0 Å². The number of carbonyl (C=O) groups is 1. The predicted molar refractivity (Wildman–Crippen MR) is 76.3 cm³/mol. The third-order valence-electron chi connectivity index (χ3n) is 2.99. The Morgan fingerprint density at radius 1 is 1.47 bits per heavy atom. The van der Waals surface area contributed by atoms with Gasteiger partial charge in [0.05, 0.1) is 6.54 Å². The molecule has 1 atom stereocenters. The molecule has 1 N–H and O–H groups in total. The zero-order chi connectivity index (χ0) is 11.4. The van der Waals surface area contributed by atoms with Crippen LogP contribution in [-0.4, -0.2) is 61.0 Å². The summed E-state index contributed by atoms with van der Waals surface area (Å²) in [4.78, 5) is 16.0. The van der Waals surface area contributed by atoms with E-state index in [1.807, 2.05) is 11.9 Å². The van der Waals surface area contributed by atoms with Gasteiger partial charge in [-0.05, 0) is 27.8 Å². The fourth-order valence-electron chi connectivity index (χ4n) is 1.65. The van der Waals surface area contributed by atoms with Gasteiger partial charge < -0.3 is 10.2 Å². The van der Waals surface area contributed by atoms with Gasteiger partial charge >= 0.3 is 0 Å². The molecule has 0 aliphatic carbocycles. The number of hydrogen-bond donors (Lipinski definition) is 1. The monoisotopic (exact) mass is 285 g/mol. The number of piperazine rings is 1. The first-order valence-corrected chi connectivity index (χ1v) is 5.72. The third-order valence-corrected chi connectivity index (χ3v) is 2.99. The van der Waals surface area contributed by atoms with Gasteiger partial charge in [-0.1, -0.05) is 0 Å². The first-order valence-electron chi connectivity index (χ1n) is 5.72. The molecule has 1 amide bonds. The molecule has 1 aliphatic rings. The minimum Gasteiger partial charge on any atom is -0.339 e. The van der Waals surface area contributed by atoms with E-state index in [-0.39, 0.29) is 30.7 Å². The van der Waals surface area contributed by atoms with Crippen molar-refractivity contribution in [3.05, 3.63) is 0 Å². The van der Waals surface area contributed by atoms with Gasteiger partial charge in [0.25, 0.3) is 0 Å². The molecule has 4 nitrogen and oxygen atoms in total. The maximum Gasteiger partial charge on any atom is 0.236 e. The number of amides is 1. The fraction of sp³-hybridized carbons (Fsp3) is 0.909. The van der Waals surface area contributed by atoms with Gasteiger partial charge in [-0.3, -0.25) is 9.69 Å². The van der Waals surface area contributed by atoms with Crippen LogP contribution >= 0.6 is 24.8 Å². The molecule has 6 heteroatoms. The number of carbonyl (C=O) groups excluding carboxylic acids is 1. The molecule has 0 unspecified atom stereocenters. The summed E-state index contributed by atoms with van der Waals surface area (Å²) < 4.78 is 0. The average Bonchev–Trinajstić information content (AvgIpc) is 2.17. The molecule has 0 saturated carbocycles. The zero-order valence-electron chi connectivity index (χ0n) is 11.1. The van der Waals surface area contributed by atoms with Crippen molar-refractivity contribution in [3.63, 3.8) is 0 Å². The van der Waals surface area contributed by atoms with Gasteiger partial charge in [-0.15, -0.1) is 24.8 Å². The van der Waals surface area contributed by atoms with Crippen molar-refractivity contribution in [2.75, 3.05) is 33.2 Å². The lowest BCUT2D eigenvalue weighted by Gasteiger charge is -2.33. The van der Waals surface area contributed by atoms with Gasteiger partial charge in [-0.2, -0.15) is 0 Å². The Morgan fingerprint density at radius 2 is 2.06 bits per heavy atom. The molecule has 17 heavy (non-hydrogen) atoms. The summed E-state index contributed by atoms with van der Waals surface area (Å²) >= 11 is 0. The maximum atomic E-state index is 11.9. The lowest BCUT2D eigenvalue weighted by molar-refractivity contribution is -0.133. The number of halogens is 2. The van der Waals surface area contributed by atoms with E-state index in [9.17, 15) is 4.79 Å². The van der Waals surface area contributed by atoms with Crippen LogP contribution in [0.5, 0.6) is 0 Å². The first kappa shape index (κ1) is 19.3. The van der Waals surface area contributed by atoms with Crippen LogP contribution in [0.15, 0.2) is 0 Å². The smallest absolute Gasteiger partial charge is 0.236 e. The molecule has 0 bridgehead atoms. The molecule has 1 aliphatic heterocycles. The lowest BCUT2D eigenvalue weighted by Crippen LogP contribution is -2.53. The first-order chi connectivity index (χ1) is 7.00. The van der Waals surface area contributed by atoms with Crippen molar-refractivity contribution < 1.29 is 4.79 Å². The predicted octanol–water partition coefficient (Wildman–Crippen LogP) is 0.990. The summed E-state index contributed by atoms with van der Waals surface area (Å²) in [6, 6.07) is 0.848. The largest absolute Gasteiger partial charge is 0.339 e. The Hall–Kier alpha value is -0.0300. The maximum absolute atomic E-state index is 11.9. The summed E-state index contributed by atoms with van der Waals surface area (Å²) in [5, 5.41) is 3.34. The van der Waals surface area contributed by atoms with E-state index in [4.69, 9.17) is 0 Å². The number of rotatable bonds is 3. The summed E-state index contributed by atoms with van der Waals surface area (Å²) in [6.45, 7) is 9.45. The van der Waals surface area contributed by atoms with Crippen molar-refractivity contribution in [3.8, 4) is 0 Å². The summed E-state index contributed by atoms with van der Waals surface area (Å²) in [5.41, 5.74) is 0. The van der Waals surface area contributed by atoms with Gasteiger partial charge in [0.15, 0.2) is 0 Å². The molecule has 1 rings (SSSR count). The highest BCUT2D eigenvalue weighted by atomic mass is 35.5. The van der Waals surface area contributed by atoms with Crippen LogP contribution in [0.3, 0.4) is 0 Å². The van der Waals surface area contributed by atoms with Gasteiger partial charge in [0, 0.05) is 31.7 Å². The molecule has 1 heterocycles. The number of nitrogens with one attached hydrogen (secondary N) is 1. The van der Waals surface area contributed by atoms with Crippen molar-refractivity contribution in [1.29, 1.82) is 0 Å². The van der Waals surface area contributed by atoms with Crippen LogP contribution in [-0.2, 0) is 4.79 Å². The molecule has 0 aromatic rings. The molecule has 0 radical (unpaired) electrons. The Bertz CT molecular complexity index is 227. The Morgan fingerprint density at radius 3 is 2.53 bits per heavy atom. The summed E-state index contributed by atoms with van der Waals surface area (Å²) in [6.07, 6.45) is 0. The number of likely N-dealkylation sites (N-methyl/N-ethyl adjacent to an activating group) is 1. The summed E-state index contributed by atoms with van der Waals surface area (Å²) in [7, 11) is 1.99. The number of nitrogens with zero attached hydrogens (tertiary/aromatic N) is 2. The van der Waals surface area contributed by atoms with Crippen LogP contribution in [0.4, 0.5) is 0 Å². The van der Waals surface area contributed by atoms with E-state index < -0.39 is 0 Å². The van der Waals surface area contributed by atoms with Gasteiger partial charge in [0.2, 0.25) is 5.91 Å². The highest BCUT2D eigenvalue weighted by molar-refractivity contribution is 5.85. The molecule has 104 valence electrons. The normalized spacial score (nSPS) is 19.9. The molecule has 1 saturated heterocycles. The highest BCUT2D eigenvalue weighted by Crippen LogP contribution is 2.01. The van der Waals surface area contributed by atoms with Crippen molar-refractivity contribution in [2.24, 2.45) is 0 Å². The summed E-state index contributed by atoms with van der Waals surface area (Å²) in [5.74, 6) is 0.250. The second kappa shape index (κ2) is 8.97. The Kier molecular flexibility index (Phi) is 10.2. The van der Waals surface area contributed by atoms with Gasteiger partial charge in [0.1, 0.15) is 0 Å².